The molecular formula is C7H5NO2. The van der Waals surface area contributed by atoms with Gasteiger partial charge >= 0.3 is 0 Å². The van der Waals surface area contributed by atoms with Crippen molar-refractivity contribution in [1.29, 1.82) is 0 Å². The molecule has 0 aliphatic heterocycles. The number of rotatable bonds is 2. The Labute approximate surface area is 58.1 Å². The van der Waals surface area contributed by atoms with Crippen LogP contribution in [0, 0.1) is 6.57 Å². The summed E-state index contributed by atoms with van der Waals surface area (Å²) < 4.78 is 4.89. The molecule has 50 valence electrons. The van der Waals surface area contributed by atoms with Gasteiger partial charge < -0.3 is 9.26 Å². The molecule has 0 aliphatic rings. The molecular weight excluding hydrogens is 130 g/mol. The summed E-state index contributed by atoms with van der Waals surface area (Å²) in [6, 6.07) is 3.18. The number of carbonyl (C=O) groups excluding carboxylic acids is 1. The molecule has 0 N–H and O–H groups in total. The van der Waals surface area contributed by atoms with Crippen LogP contribution in [-0.2, 0) is 6.54 Å². The summed E-state index contributed by atoms with van der Waals surface area (Å²) in [6.45, 7) is 6.69. The van der Waals surface area contributed by atoms with Crippen molar-refractivity contribution in [3.8, 4) is 0 Å². The van der Waals surface area contributed by atoms with Gasteiger partial charge in [0.1, 0.15) is 0 Å². The first-order valence-electron chi connectivity index (χ1n) is 2.74. The Morgan fingerprint density at radius 1 is 1.70 bits per heavy atom. The van der Waals surface area contributed by atoms with Crippen molar-refractivity contribution in [1.82, 2.24) is 0 Å². The SMILES string of the molecule is [C-]#[N+]Cc1ccc(C=O)o1. The second kappa shape index (κ2) is 2.83. The Morgan fingerprint density at radius 3 is 3.00 bits per heavy atom. The standard InChI is InChI=1S/C7H5NO2/c1-8-4-6-2-3-7(5-9)10-6/h2-3,5H,4H2. The summed E-state index contributed by atoms with van der Waals surface area (Å²) in [5.74, 6) is 0.816. The van der Waals surface area contributed by atoms with Crippen LogP contribution in [0.25, 0.3) is 4.85 Å². The van der Waals surface area contributed by atoms with E-state index in [-0.39, 0.29) is 12.3 Å². The molecule has 0 radical (unpaired) electrons. The van der Waals surface area contributed by atoms with Gasteiger partial charge in [-0.1, -0.05) is 0 Å². The van der Waals surface area contributed by atoms with Crippen LogP contribution in [0.5, 0.6) is 0 Å². The summed E-state index contributed by atoms with van der Waals surface area (Å²) >= 11 is 0. The van der Waals surface area contributed by atoms with E-state index in [0.717, 1.165) is 0 Å². The minimum atomic E-state index is 0.202. The van der Waals surface area contributed by atoms with Crippen molar-refractivity contribution in [3.63, 3.8) is 0 Å². The molecule has 10 heavy (non-hydrogen) atoms. The highest BCUT2D eigenvalue weighted by Gasteiger charge is 2.00. The first-order valence-corrected chi connectivity index (χ1v) is 2.74. The minimum Gasteiger partial charge on any atom is -0.450 e. The highest BCUT2D eigenvalue weighted by molar-refractivity contribution is 5.70. The van der Waals surface area contributed by atoms with E-state index >= 15 is 0 Å². The lowest BCUT2D eigenvalue weighted by Crippen LogP contribution is -1.71. The number of aldehydes is 1. The maximum Gasteiger partial charge on any atom is 0.271 e. The molecule has 1 aromatic heterocycles. The van der Waals surface area contributed by atoms with Crippen LogP contribution in [0.3, 0.4) is 0 Å². The van der Waals surface area contributed by atoms with Crippen LogP contribution in [0.4, 0.5) is 0 Å². The van der Waals surface area contributed by atoms with E-state index in [1.54, 1.807) is 12.1 Å². The van der Waals surface area contributed by atoms with E-state index in [1.807, 2.05) is 0 Å². The molecule has 0 unspecified atom stereocenters. The number of carbonyl (C=O) groups is 1. The number of nitrogens with zero attached hydrogens (tertiary/aromatic N) is 1. The van der Waals surface area contributed by atoms with Crippen molar-refractivity contribution in [2.45, 2.75) is 6.54 Å². The van der Waals surface area contributed by atoms with Gasteiger partial charge in [-0.25, -0.2) is 6.57 Å². The highest BCUT2D eigenvalue weighted by Crippen LogP contribution is 2.05. The second-order valence-corrected chi connectivity index (χ2v) is 1.74. The van der Waals surface area contributed by atoms with Crippen LogP contribution in [0.2, 0.25) is 0 Å². The van der Waals surface area contributed by atoms with Crippen molar-refractivity contribution < 1.29 is 9.21 Å². The van der Waals surface area contributed by atoms with Crippen molar-refractivity contribution in [3.05, 3.63) is 35.1 Å². The maximum atomic E-state index is 10.1. The lowest BCUT2D eigenvalue weighted by molar-refractivity contribution is 0.109. The molecule has 0 saturated heterocycles. The molecule has 0 fully saturated rings. The third kappa shape index (κ3) is 1.23. The Balaban J connectivity index is 2.80. The third-order valence-corrected chi connectivity index (χ3v) is 1.03. The molecule has 0 aliphatic carbocycles. The molecule has 3 heteroatoms. The fourth-order valence-electron chi connectivity index (χ4n) is 0.621. The summed E-state index contributed by atoms with van der Waals surface area (Å²) in [4.78, 5) is 13.1. The van der Waals surface area contributed by atoms with Gasteiger partial charge in [0.2, 0.25) is 0 Å². The fourth-order valence-corrected chi connectivity index (χ4v) is 0.621. The molecule has 1 heterocycles. The van der Waals surface area contributed by atoms with Crippen molar-refractivity contribution >= 4 is 6.29 Å². The molecule has 1 rings (SSSR count). The van der Waals surface area contributed by atoms with Gasteiger partial charge in [-0.2, -0.15) is 0 Å². The Bertz CT molecular complexity index is 269. The third-order valence-electron chi connectivity index (χ3n) is 1.03. The molecule has 0 amide bonds. The Hall–Kier alpha value is -1.56. The molecule has 0 aromatic carbocycles. The quantitative estimate of drug-likeness (QED) is 0.455. The van der Waals surface area contributed by atoms with E-state index in [4.69, 9.17) is 11.0 Å². The van der Waals surface area contributed by atoms with Crippen molar-refractivity contribution in [2.24, 2.45) is 0 Å². The summed E-state index contributed by atoms with van der Waals surface area (Å²) in [6.07, 6.45) is 0.618. The lowest BCUT2D eigenvalue weighted by atomic mass is 10.4. The Kier molecular flexibility index (Phi) is 1.86. The second-order valence-electron chi connectivity index (χ2n) is 1.74. The summed E-state index contributed by atoms with van der Waals surface area (Å²) in [5, 5.41) is 0. The van der Waals surface area contributed by atoms with Gasteiger partial charge in [0, 0.05) is 0 Å². The van der Waals surface area contributed by atoms with Gasteiger partial charge in [-0.05, 0) is 12.1 Å². The molecule has 0 atom stereocenters. The molecule has 3 nitrogen and oxygen atoms in total. The largest absolute Gasteiger partial charge is 0.450 e. The first-order chi connectivity index (χ1) is 4.86. The van der Waals surface area contributed by atoms with Gasteiger partial charge in [-0.3, -0.25) is 4.79 Å². The zero-order valence-corrected chi connectivity index (χ0v) is 5.20. The Morgan fingerprint density at radius 2 is 2.50 bits per heavy atom. The number of hydrogen-bond acceptors (Lipinski definition) is 2. The number of hydrogen-bond donors (Lipinski definition) is 0. The molecule has 1 aromatic rings. The van der Waals surface area contributed by atoms with E-state index < -0.39 is 0 Å². The van der Waals surface area contributed by atoms with Crippen LogP contribution in [0.15, 0.2) is 16.5 Å². The van der Waals surface area contributed by atoms with Gasteiger partial charge in [0.25, 0.3) is 6.54 Å². The summed E-state index contributed by atoms with van der Waals surface area (Å²) in [7, 11) is 0. The molecule has 0 bridgehead atoms. The zero-order valence-electron chi connectivity index (χ0n) is 5.20. The van der Waals surface area contributed by atoms with Gasteiger partial charge in [0.15, 0.2) is 17.8 Å². The predicted octanol–water partition coefficient (Wildman–Crippen LogP) is 1.51. The van der Waals surface area contributed by atoms with Crippen molar-refractivity contribution in [2.75, 3.05) is 0 Å². The fraction of sp³-hybridized carbons (Fsp3) is 0.143. The number of furan rings is 1. The van der Waals surface area contributed by atoms with Crippen LogP contribution < -0.4 is 0 Å². The van der Waals surface area contributed by atoms with E-state index in [9.17, 15) is 4.79 Å². The monoisotopic (exact) mass is 135 g/mol. The normalized spacial score (nSPS) is 8.70. The zero-order chi connectivity index (χ0) is 7.40. The topological polar surface area (TPSA) is 34.6 Å². The van der Waals surface area contributed by atoms with Crippen LogP contribution in [-0.4, -0.2) is 6.29 Å². The first kappa shape index (κ1) is 6.56. The average Bonchev–Trinajstić information content (AvgIpc) is 2.37. The average molecular weight is 135 g/mol. The highest BCUT2D eigenvalue weighted by atomic mass is 16.3. The predicted molar refractivity (Wildman–Crippen MR) is 34.4 cm³/mol. The smallest absolute Gasteiger partial charge is 0.271 e. The van der Waals surface area contributed by atoms with Crippen LogP contribution in [0.1, 0.15) is 16.3 Å². The van der Waals surface area contributed by atoms with E-state index in [1.165, 1.54) is 0 Å². The van der Waals surface area contributed by atoms with E-state index in [0.29, 0.717) is 12.0 Å². The molecule has 0 saturated carbocycles. The van der Waals surface area contributed by atoms with Gasteiger partial charge in [0.05, 0.1) is 0 Å². The van der Waals surface area contributed by atoms with E-state index in [2.05, 4.69) is 4.85 Å². The summed E-state index contributed by atoms with van der Waals surface area (Å²) in [5.41, 5.74) is 0. The maximum absolute atomic E-state index is 10.1. The van der Waals surface area contributed by atoms with Gasteiger partial charge in [-0.15, -0.1) is 0 Å². The lowest BCUT2D eigenvalue weighted by Gasteiger charge is -1.79. The minimum absolute atomic E-state index is 0.202. The van der Waals surface area contributed by atoms with Crippen LogP contribution >= 0.6 is 0 Å². The molecule has 0 spiro atoms.